The van der Waals surface area contributed by atoms with Gasteiger partial charge in [0.05, 0.1) is 13.7 Å². The third-order valence-corrected chi connectivity index (χ3v) is 3.72. The number of methoxy groups -OCH3 is 1. The number of carbonyl (C=O) groups excluding carboxylic acids is 1. The molecule has 1 fully saturated rings. The highest BCUT2D eigenvalue weighted by molar-refractivity contribution is 5.81. The Labute approximate surface area is 114 Å². The Kier molecular flexibility index (Phi) is 5.25. The molecule has 1 aliphatic rings. The Morgan fingerprint density at radius 1 is 1.16 bits per heavy atom. The van der Waals surface area contributed by atoms with Crippen LogP contribution in [0.4, 0.5) is 0 Å². The molecule has 0 radical (unpaired) electrons. The quantitative estimate of drug-likeness (QED) is 0.760. The number of hydrogen-bond acceptors (Lipinski definition) is 3. The van der Waals surface area contributed by atoms with Gasteiger partial charge in [-0.2, -0.15) is 0 Å². The number of Topliss-reactive ketones (excluding diaryl/α,β-unsaturated/α-hetero) is 1. The van der Waals surface area contributed by atoms with Crippen molar-refractivity contribution >= 4 is 5.78 Å². The molecule has 1 saturated carbocycles. The van der Waals surface area contributed by atoms with Gasteiger partial charge in [-0.25, -0.2) is 0 Å². The van der Waals surface area contributed by atoms with Crippen LogP contribution < -0.4 is 9.47 Å². The number of rotatable bonds is 5. The second-order valence-corrected chi connectivity index (χ2v) is 5.05. The van der Waals surface area contributed by atoms with Crippen molar-refractivity contribution in [2.24, 2.45) is 5.92 Å². The molecule has 104 valence electrons. The molecule has 1 aromatic carbocycles. The van der Waals surface area contributed by atoms with Crippen LogP contribution in [-0.4, -0.2) is 19.5 Å². The number of hydrogen-bond donors (Lipinski definition) is 0. The number of ether oxygens (including phenoxy) is 2. The fraction of sp³-hybridized carbons (Fsp3) is 0.562. The Balaban J connectivity index is 1.83. The minimum absolute atomic E-state index is 0.192. The van der Waals surface area contributed by atoms with E-state index in [0.29, 0.717) is 12.4 Å². The van der Waals surface area contributed by atoms with Crippen molar-refractivity contribution in [1.82, 2.24) is 0 Å². The Morgan fingerprint density at radius 2 is 1.95 bits per heavy atom. The van der Waals surface area contributed by atoms with Crippen LogP contribution in [0.2, 0.25) is 0 Å². The highest BCUT2D eigenvalue weighted by Crippen LogP contribution is 2.27. The van der Waals surface area contributed by atoms with E-state index in [1.54, 1.807) is 7.11 Å². The average molecular weight is 262 g/mol. The molecule has 1 aliphatic carbocycles. The van der Waals surface area contributed by atoms with Crippen molar-refractivity contribution in [2.45, 2.75) is 38.5 Å². The summed E-state index contributed by atoms with van der Waals surface area (Å²) in [5.41, 5.74) is 0. The summed E-state index contributed by atoms with van der Waals surface area (Å²) in [6.45, 7) is 0.580. The van der Waals surface area contributed by atoms with Gasteiger partial charge in [-0.05, 0) is 31.4 Å². The van der Waals surface area contributed by atoms with Crippen molar-refractivity contribution in [3.05, 3.63) is 24.3 Å². The van der Waals surface area contributed by atoms with E-state index in [1.807, 2.05) is 24.3 Å². The monoisotopic (exact) mass is 262 g/mol. The lowest BCUT2D eigenvalue weighted by atomic mass is 9.96. The van der Waals surface area contributed by atoms with E-state index in [9.17, 15) is 4.79 Å². The molecule has 2 rings (SSSR count). The van der Waals surface area contributed by atoms with Crippen LogP contribution in [0, 0.1) is 5.92 Å². The van der Waals surface area contributed by atoms with Crippen LogP contribution in [0.3, 0.4) is 0 Å². The molecule has 0 aromatic heterocycles. The summed E-state index contributed by atoms with van der Waals surface area (Å²) in [7, 11) is 1.64. The van der Waals surface area contributed by atoms with Crippen molar-refractivity contribution in [3.8, 4) is 11.5 Å². The molecule has 3 nitrogen and oxygen atoms in total. The fourth-order valence-corrected chi connectivity index (χ4v) is 2.59. The van der Waals surface area contributed by atoms with Crippen LogP contribution in [0.25, 0.3) is 0 Å². The first-order valence-electron chi connectivity index (χ1n) is 7.10. The molecule has 1 atom stereocenters. The molecule has 1 aromatic rings. The van der Waals surface area contributed by atoms with Gasteiger partial charge in [-0.3, -0.25) is 4.79 Å². The molecule has 0 spiro atoms. The van der Waals surface area contributed by atoms with Gasteiger partial charge < -0.3 is 9.47 Å². The molecule has 19 heavy (non-hydrogen) atoms. The first-order chi connectivity index (χ1) is 9.31. The van der Waals surface area contributed by atoms with Crippen LogP contribution in [0.15, 0.2) is 24.3 Å². The highest BCUT2D eigenvalue weighted by Gasteiger charge is 2.20. The lowest BCUT2D eigenvalue weighted by Crippen LogP contribution is -2.16. The van der Waals surface area contributed by atoms with Gasteiger partial charge in [0.25, 0.3) is 0 Å². The third kappa shape index (κ3) is 3.98. The van der Waals surface area contributed by atoms with Gasteiger partial charge >= 0.3 is 0 Å². The molecule has 0 aliphatic heterocycles. The molecular formula is C16H22O3. The zero-order chi connectivity index (χ0) is 13.5. The topological polar surface area (TPSA) is 35.5 Å². The van der Waals surface area contributed by atoms with Crippen LogP contribution in [-0.2, 0) is 4.79 Å². The molecule has 3 heteroatoms. The smallest absolute Gasteiger partial charge is 0.161 e. The number of ketones is 1. The minimum Gasteiger partial charge on any atom is -0.493 e. The largest absolute Gasteiger partial charge is 0.493 e. The lowest BCUT2D eigenvalue weighted by molar-refractivity contribution is -0.123. The highest BCUT2D eigenvalue weighted by atomic mass is 16.5. The number of carbonyl (C=O) groups is 1. The number of para-hydroxylation sites is 2. The van der Waals surface area contributed by atoms with E-state index in [1.165, 1.54) is 12.8 Å². The summed E-state index contributed by atoms with van der Waals surface area (Å²) in [6, 6.07) is 7.62. The van der Waals surface area contributed by atoms with Gasteiger partial charge in [0.2, 0.25) is 0 Å². The van der Waals surface area contributed by atoms with E-state index >= 15 is 0 Å². The minimum atomic E-state index is 0.192. The van der Waals surface area contributed by atoms with E-state index in [2.05, 4.69) is 0 Å². The SMILES string of the molecule is COc1ccccc1OCCC1CCCCCC1=O. The fourth-order valence-electron chi connectivity index (χ4n) is 2.59. The maximum Gasteiger partial charge on any atom is 0.161 e. The third-order valence-electron chi connectivity index (χ3n) is 3.72. The summed E-state index contributed by atoms with van der Waals surface area (Å²) in [5, 5.41) is 0. The van der Waals surface area contributed by atoms with Gasteiger partial charge in [-0.15, -0.1) is 0 Å². The van der Waals surface area contributed by atoms with Gasteiger partial charge in [-0.1, -0.05) is 25.0 Å². The van der Waals surface area contributed by atoms with Crippen molar-refractivity contribution in [1.29, 1.82) is 0 Å². The first-order valence-corrected chi connectivity index (χ1v) is 7.10. The molecule has 0 saturated heterocycles. The molecular weight excluding hydrogens is 240 g/mol. The van der Waals surface area contributed by atoms with Crippen molar-refractivity contribution < 1.29 is 14.3 Å². The lowest BCUT2D eigenvalue weighted by Gasteiger charge is -2.14. The Hall–Kier alpha value is -1.51. The zero-order valence-corrected chi connectivity index (χ0v) is 11.6. The summed E-state index contributed by atoms with van der Waals surface area (Å²) in [4.78, 5) is 11.9. The van der Waals surface area contributed by atoms with E-state index in [0.717, 1.165) is 37.2 Å². The number of benzene rings is 1. The van der Waals surface area contributed by atoms with Gasteiger partial charge in [0, 0.05) is 12.3 Å². The average Bonchev–Trinajstić information content (AvgIpc) is 2.64. The maximum atomic E-state index is 11.9. The van der Waals surface area contributed by atoms with Crippen molar-refractivity contribution in [3.63, 3.8) is 0 Å². The maximum absolute atomic E-state index is 11.9. The molecule has 1 unspecified atom stereocenters. The van der Waals surface area contributed by atoms with Gasteiger partial charge in [0.1, 0.15) is 5.78 Å². The summed E-state index contributed by atoms with van der Waals surface area (Å²) < 4.78 is 11.0. The van der Waals surface area contributed by atoms with E-state index in [4.69, 9.17) is 9.47 Å². The standard InChI is InChI=1S/C16H22O3/c1-18-15-9-5-6-10-16(15)19-12-11-13-7-3-2-4-8-14(13)17/h5-6,9-10,13H,2-4,7-8,11-12H2,1H3. The summed E-state index contributed by atoms with van der Waals surface area (Å²) in [5.74, 6) is 2.11. The first kappa shape index (κ1) is 13.9. The van der Waals surface area contributed by atoms with E-state index < -0.39 is 0 Å². The van der Waals surface area contributed by atoms with Crippen LogP contribution in [0.5, 0.6) is 11.5 Å². The second-order valence-electron chi connectivity index (χ2n) is 5.05. The van der Waals surface area contributed by atoms with E-state index in [-0.39, 0.29) is 5.92 Å². The second kappa shape index (κ2) is 7.17. The van der Waals surface area contributed by atoms with Crippen LogP contribution in [0.1, 0.15) is 38.5 Å². The Bertz CT molecular complexity index is 414. The summed E-state index contributed by atoms with van der Waals surface area (Å²) >= 11 is 0. The van der Waals surface area contributed by atoms with Crippen LogP contribution >= 0.6 is 0 Å². The molecule has 0 N–H and O–H groups in total. The van der Waals surface area contributed by atoms with Gasteiger partial charge in [0.15, 0.2) is 11.5 Å². The Morgan fingerprint density at radius 3 is 2.74 bits per heavy atom. The zero-order valence-electron chi connectivity index (χ0n) is 11.6. The molecule has 0 bridgehead atoms. The summed E-state index contributed by atoms with van der Waals surface area (Å²) in [6.07, 6.45) is 6.01. The van der Waals surface area contributed by atoms with Crippen molar-refractivity contribution in [2.75, 3.05) is 13.7 Å². The predicted molar refractivity (Wildman–Crippen MR) is 74.7 cm³/mol. The molecule has 0 heterocycles. The predicted octanol–water partition coefficient (Wildman–Crippen LogP) is 3.61. The molecule has 0 amide bonds. The normalized spacial score (nSPS) is 19.8.